The van der Waals surface area contributed by atoms with Crippen LogP contribution in [0, 0.1) is 0 Å². The molecule has 0 atom stereocenters. The molecular weight excluding hydrogens is 246 g/mol. The smallest absolute Gasteiger partial charge is 0.379 e. The lowest BCUT2D eigenvalue weighted by Gasteiger charge is -2.03. The van der Waals surface area contributed by atoms with Crippen LogP contribution in [0.1, 0.15) is 45.4 Å². The lowest BCUT2D eigenvalue weighted by molar-refractivity contribution is 0.0945. The third-order valence-electron chi connectivity index (χ3n) is 2.10. The maximum absolute atomic E-state index is 10.1. The summed E-state index contributed by atoms with van der Waals surface area (Å²) in [6, 6.07) is 0. The molecule has 7 heteroatoms. The van der Waals surface area contributed by atoms with Gasteiger partial charge in [0.2, 0.25) is 0 Å². The highest BCUT2D eigenvalue weighted by Gasteiger charge is 2.02. The van der Waals surface area contributed by atoms with Gasteiger partial charge in [-0.15, -0.1) is 0 Å². The molecule has 0 saturated carbocycles. The number of rotatable bonds is 11. The van der Waals surface area contributed by atoms with Crippen LogP contribution in [0.5, 0.6) is 0 Å². The van der Waals surface area contributed by atoms with Gasteiger partial charge in [-0.3, -0.25) is 4.55 Å². The predicted molar refractivity (Wildman–Crippen MR) is 66.7 cm³/mol. The quantitative estimate of drug-likeness (QED) is 0.441. The second-order valence-corrected chi connectivity index (χ2v) is 4.72. The monoisotopic (exact) mass is 271 g/mol. The molecule has 0 aliphatic rings. The Hall–Kier alpha value is -0.210. The second-order valence-electron chi connectivity index (χ2n) is 3.63. The molecule has 0 saturated heterocycles. The van der Waals surface area contributed by atoms with Gasteiger partial charge in [-0.25, -0.2) is 4.18 Å². The van der Waals surface area contributed by atoms with Gasteiger partial charge < -0.3 is 10.9 Å². The van der Waals surface area contributed by atoms with Crippen molar-refractivity contribution in [3.8, 4) is 0 Å². The first-order valence-electron chi connectivity index (χ1n) is 5.76. The molecule has 6 nitrogen and oxygen atoms in total. The van der Waals surface area contributed by atoms with Gasteiger partial charge >= 0.3 is 10.4 Å². The summed E-state index contributed by atoms with van der Waals surface area (Å²) in [6.45, 7) is 2.85. The van der Waals surface area contributed by atoms with Gasteiger partial charge in [0.25, 0.3) is 0 Å². The third-order valence-corrected chi connectivity index (χ3v) is 2.57. The van der Waals surface area contributed by atoms with Crippen molar-refractivity contribution in [3.05, 3.63) is 0 Å². The van der Waals surface area contributed by atoms with Crippen LogP contribution in [0.25, 0.3) is 0 Å². The zero-order valence-corrected chi connectivity index (χ0v) is 11.4. The van der Waals surface area contributed by atoms with Crippen LogP contribution >= 0.6 is 0 Å². The summed E-state index contributed by atoms with van der Waals surface area (Å²) in [7, 11) is -4.31. The molecule has 0 aliphatic carbocycles. The number of hydrogen-bond donors (Lipinski definition) is 2. The predicted octanol–water partition coefficient (Wildman–Crippen LogP) is 2.34. The Labute approximate surface area is 104 Å². The highest BCUT2D eigenvalue weighted by atomic mass is 32.3. The molecule has 0 aromatic heterocycles. The summed E-state index contributed by atoms with van der Waals surface area (Å²) in [5, 5.41) is 0. The first-order chi connectivity index (χ1) is 7.56. The maximum atomic E-state index is 10.1. The molecule has 0 aliphatic heterocycles. The molecule has 0 spiro atoms. The van der Waals surface area contributed by atoms with Crippen molar-refractivity contribution in [2.45, 2.75) is 45.4 Å². The molecule has 0 heterocycles. The van der Waals surface area contributed by atoms with Crippen molar-refractivity contribution in [2.24, 2.45) is 0 Å². The summed E-state index contributed by atoms with van der Waals surface area (Å²) < 4.78 is 37.8. The fourth-order valence-electron chi connectivity index (χ4n) is 1.28. The molecule has 0 rings (SSSR count). The van der Waals surface area contributed by atoms with E-state index >= 15 is 0 Å². The van der Waals surface area contributed by atoms with Crippen molar-refractivity contribution < 1.29 is 21.9 Å². The fraction of sp³-hybridized carbons (Fsp3) is 1.00. The van der Waals surface area contributed by atoms with Crippen LogP contribution in [0.4, 0.5) is 0 Å². The zero-order valence-electron chi connectivity index (χ0n) is 10.6. The SMILES string of the molecule is CCCCCCCCOCCOS(=O)(=O)O.N. The Morgan fingerprint density at radius 3 is 2.12 bits per heavy atom. The second kappa shape index (κ2) is 12.3. The third kappa shape index (κ3) is 18.4. The Bertz CT molecular complexity index is 243. The van der Waals surface area contributed by atoms with Crippen molar-refractivity contribution in [2.75, 3.05) is 19.8 Å². The molecule has 17 heavy (non-hydrogen) atoms. The molecule has 0 radical (unpaired) electrons. The van der Waals surface area contributed by atoms with Crippen LogP contribution < -0.4 is 6.15 Å². The Morgan fingerprint density at radius 1 is 0.941 bits per heavy atom. The van der Waals surface area contributed by atoms with E-state index in [9.17, 15) is 8.42 Å². The van der Waals surface area contributed by atoms with Crippen LogP contribution in [0.15, 0.2) is 0 Å². The van der Waals surface area contributed by atoms with Gasteiger partial charge in [-0.1, -0.05) is 39.0 Å². The van der Waals surface area contributed by atoms with Gasteiger partial charge in [-0.2, -0.15) is 8.42 Å². The van der Waals surface area contributed by atoms with E-state index in [1.807, 2.05) is 0 Å². The minimum atomic E-state index is -4.31. The maximum Gasteiger partial charge on any atom is 0.397 e. The molecule has 0 aromatic carbocycles. The Balaban J connectivity index is 0. The minimum absolute atomic E-state index is 0. The molecule has 0 aromatic rings. The number of hydrogen-bond acceptors (Lipinski definition) is 5. The van der Waals surface area contributed by atoms with E-state index < -0.39 is 10.4 Å². The Morgan fingerprint density at radius 2 is 1.53 bits per heavy atom. The lowest BCUT2D eigenvalue weighted by atomic mass is 10.1. The highest BCUT2D eigenvalue weighted by Crippen LogP contribution is 2.04. The summed E-state index contributed by atoms with van der Waals surface area (Å²) in [5.41, 5.74) is 0. The van der Waals surface area contributed by atoms with Crippen molar-refractivity contribution >= 4 is 10.4 Å². The highest BCUT2D eigenvalue weighted by molar-refractivity contribution is 7.80. The largest absolute Gasteiger partial charge is 0.397 e. The number of unbranched alkanes of at least 4 members (excludes halogenated alkanes) is 5. The van der Waals surface area contributed by atoms with E-state index in [0.29, 0.717) is 6.61 Å². The molecule has 106 valence electrons. The average Bonchev–Trinajstić information content (AvgIpc) is 2.19. The van der Waals surface area contributed by atoms with Crippen molar-refractivity contribution in [3.63, 3.8) is 0 Å². The fourth-order valence-corrected chi connectivity index (χ4v) is 1.56. The van der Waals surface area contributed by atoms with Gasteiger partial charge in [0.1, 0.15) is 0 Å². The van der Waals surface area contributed by atoms with E-state index in [1.54, 1.807) is 0 Å². The van der Waals surface area contributed by atoms with Crippen molar-refractivity contribution in [1.29, 1.82) is 0 Å². The van der Waals surface area contributed by atoms with Crippen LogP contribution in [0.3, 0.4) is 0 Å². The summed E-state index contributed by atoms with van der Waals surface area (Å²) in [5.74, 6) is 0. The topological polar surface area (TPSA) is 108 Å². The first kappa shape index (κ1) is 19.1. The summed E-state index contributed by atoms with van der Waals surface area (Å²) >= 11 is 0. The van der Waals surface area contributed by atoms with Crippen LogP contribution in [0.2, 0.25) is 0 Å². The Kier molecular flexibility index (Phi) is 13.8. The van der Waals surface area contributed by atoms with E-state index in [4.69, 9.17) is 9.29 Å². The molecular formula is C10H25NO5S. The lowest BCUT2D eigenvalue weighted by Crippen LogP contribution is -2.10. The van der Waals surface area contributed by atoms with Gasteiger partial charge in [0, 0.05) is 6.61 Å². The van der Waals surface area contributed by atoms with Gasteiger partial charge in [0.15, 0.2) is 0 Å². The molecule has 0 bridgehead atoms. The molecule has 0 amide bonds. The van der Waals surface area contributed by atoms with E-state index in [0.717, 1.165) is 12.8 Å². The molecule has 0 fully saturated rings. The van der Waals surface area contributed by atoms with Gasteiger partial charge in [-0.05, 0) is 6.42 Å². The van der Waals surface area contributed by atoms with E-state index in [-0.39, 0.29) is 19.4 Å². The minimum Gasteiger partial charge on any atom is -0.379 e. The van der Waals surface area contributed by atoms with Crippen LogP contribution in [-0.4, -0.2) is 32.8 Å². The number of ether oxygens (including phenoxy) is 1. The van der Waals surface area contributed by atoms with E-state index in [1.165, 1.54) is 25.7 Å². The molecule has 0 unspecified atom stereocenters. The molecule has 4 N–H and O–H groups in total. The normalized spacial score (nSPS) is 11.2. The summed E-state index contributed by atoms with van der Waals surface area (Å²) in [4.78, 5) is 0. The zero-order chi connectivity index (χ0) is 12.3. The van der Waals surface area contributed by atoms with Gasteiger partial charge in [0.05, 0.1) is 13.2 Å². The van der Waals surface area contributed by atoms with Crippen LogP contribution in [-0.2, 0) is 19.3 Å². The van der Waals surface area contributed by atoms with E-state index in [2.05, 4.69) is 11.1 Å². The summed E-state index contributed by atoms with van der Waals surface area (Å²) in [6.07, 6.45) is 7.13. The first-order valence-corrected chi connectivity index (χ1v) is 7.12. The van der Waals surface area contributed by atoms with Crippen molar-refractivity contribution in [1.82, 2.24) is 6.15 Å². The standard InChI is InChI=1S/C10H22O5S.H3N/c1-2-3-4-5-6-7-8-14-9-10-15-16(11,12)13;/h2-10H2,1H3,(H,11,12,13);1H3. The average molecular weight is 271 g/mol.